The summed E-state index contributed by atoms with van der Waals surface area (Å²) in [4.78, 5) is 29.0. The molecule has 1 fully saturated rings. The Morgan fingerprint density at radius 1 is 1.02 bits per heavy atom. The molecule has 5 aromatic rings. The quantitative estimate of drug-likeness (QED) is 0.316. The first-order valence-electron chi connectivity index (χ1n) is 12.7. The highest BCUT2D eigenvalue weighted by Crippen LogP contribution is 2.31. The Hall–Kier alpha value is -5.13. The number of nitrogens with zero attached hydrogens (tertiary/aromatic N) is 8. The van der Waals surface area contributed by atoms with E-state index in [1.54, 1.807) is 4.68 Å². The number of halogens is 1. The van der Waals surface area contributed by atoms with Crippen molar-refractivity contribution >= 4 is 45.3 Å². The number of benzene rings is 2. The molecule has 6 rings (SSSR count). The number of fused-ring (bicyclic) bond motifs is 2. The number of pyridine rings is 1. The molecule has 0 spiro atoms. The number of hydrogen-bond donors (Lipinski definition) is 1. The van der Waals surface area contributed by atoms with Crippen LogP contribution in [0, 0.1) is 6.92 Å². The molecule has 0 aliphatic carbocycles. The van der Waals surface area contributed by atoms with Gasteiger partial charge in [0, 0.05) is 45.0 Å². The average molecular weight is 540 g/mol. The van der Waals surface area contributed by atoms with E-state index in [9.17, 15) is 9.18 Å². The summed E-state index contributed by atoms with van der Waals surface area (Å²) in [6.07, 6.45) is 1.49. The van der Waals surface area contributed by atoms with Crippen LogP contribution in [0.5, 0.6) is 11.5 Å². The van der Waals surface area contributed by atoms with Crippen LogP contribution in [0.2, 0.25) is 0 Å². The molecule has 0 bridgehead atoms. The summed E-state index contributed by atoms with van der Waals surface area (Å²) in [7, 11) is 1.85. The molecule has 11 nitrogen and oxygen atoms in total. The van der Waals surface area contributed by atoms with E-state index in [1.165, 1.54) is 11.2 Å². The highest BCUT2D eigenvalue weighted by molar-refractivity contribution is 5.91. The molecule has 1 aliphatic heterocycles. The Morgan fingerprint density at radius 3 is 2.62 bits per heavy atom. The van der Waals surface area contributed by atoms with E-state index in [-0.39, 0.29) is 0 Å². The fourth-order valence-corrected chi connectivity index (χ4v) is 4.70. The van der Waals surface area contributed by atoms with Crippen molar-refractivity contribution in [3.63, 3.8) is 0 Å². The largest absolute Gasteiger partial charge is 0.457 e. The van der Waals surface area contributed by atoms with E-state index in [0.29, 0.717) is 48.8 Å². The molecular formula is C28H26FN9O2. The van der Waals surface area contributed by atoms with Crippen LogP contribution >= 0.6 is 0 Å². The van der Waals surface area contributed by atoms with E-state index in [2.05, 4.69) is 37.1 Å². The van der Waals surface area contributed by atoms with Gasteiger partial charge in [0.2, 0.25) is 0 Å². The fraction of sp³-hybridized carbons (Fsp3) is 0.214. The monoisotopic (exact) mass is 539 g/mol. The number of carbonyl (C=O) groups excluding carboxylic acids is 1. The van der Waals surface area contributed by atoms with Gasteiger partial charge in [-0.3, -0.25) is 4.79 Å². The minimum Gasteiger partial charge on any atom is -0.457 e. The summed E-state index contributed by atoms with van der Waals surface area (Å²) in [5.74, 6) is 1.09. The number of piperazine rings is 1. The molecule has 0 unspecified atom stereocenters. The second kappa shape index (κ2) is 10.2. The number of aryl methyl sites for hydroxylation is 2. The fourth-order valence-electron chi connectivity index (χ4n) is 4.70. The van der Waals surface area contributed by atoms with Crippen LogP contribution in [0.1, 0.15) is 5.56 Å². The van der Waals surface area contributed by atoms with Gasteiger partial charge >= 0.3 is 0 Å². The normalized spacial score (nSPS) is 13.6. The lowest BCUT2D eigenvalue weighted by molar-refractivity contribution is -0.128. The Morgan fingerprint density at radius 2 is 1.85 bits per heavy atom. The van der Waals surface area contributed by atoms with Gasteiger partial charge in [0.1, 0.15) is 34.7 Å². The number of amides is 1. The van der Waals surface area contributed by atoms with Crippen molar-refractivity contribution in [3.05, 3.63) is 72.8 Å². The van der Waals surface area contributed by atoms with Crippen LogP contribution in [0.4, 0.5) is 21.7 Å². The van der Waals surface area contributed by atoms with Gasteiger partial charge in [0.05, 0.1) is 11.0 Å². The predicted molar refractivity (Wildman–Crippen MR) is 149 cm³/mol. The minimum atomic E-state index is -0.941. The van der Waals surface area contributed by atoms with Gasteiger partial charge in [0.15, 0.2) is 11.6 Å². The van der Waals surface area contributed by atoms with E-state index in [4.69, 9.17) is 9.72 Å². The standard InChI is InChI=1S/C28H26FN9O2/c1-17-14-19(4-8-24(17)40-20-5-7-23-22(15-20)34-35-36(23)3)32-27-26-21(30-16-31-27)6-9-25(33-26)37-10-12-38(13-11-37)28(39)18(2)29/h4-9,14-16H,2,10-13H2,1,3H3,(H,30,31,32). The zero-order chi connectivity index (χ0) is 27.8. The molecule has 40 heavy (non-hydrogen) atoms. The van der Waals surface area contributed by atoms with Gasteiger partial charge in [0.25, 0.3) is 5.91 Å². The number of ether oxygens (including phenoxy) is 1. The van der Waals surface area contributed by atoms with E-state index < -0.39 is 11.7 Å². The Kier molecular flexibility index (Phi) is 6.42. The summed E-state index contributed by atoms with van der Waals surface area (Å²) in [6, 6.07) is 15.2. The van der Waals surface area contributed by atoms with Crippen LogP contribution in [0.3, 0.4) is 0 Å². The number of rotatable bonds is 6. The van der Waals surface area contributed by atoms with Crippen molar-refractivity contribution < 1.29 is 13.9 Å². The molecule has 0 saturated carbocycles. The minimum absolute atomic E-state index is 0.387. The topological polar surface area (TPSA) is 114 Å². The van der Waals surface area contributed by atoms with Crippen LogP contribution in [0.25, 0.3) is 22.1 Å². The van der Waals surface area contributed by atoms with E-state index >= 15 is 0 Å². The number of nitrogens with one attached hydrogen (secondary N) is 1. The molecular weight excluding hydrogens is 513 g/mol. The Labute approximate surface area is 228 Å². The molecule has 1 aliphatic rings. The van der Waals surface area contributed by atoms with Gasteiger partial charge < -0.3 is 19.9 Å². The van der Waals surface area contributed by atoms with Gasteiger partial charge in [-0.1, -0.05) is 11.8 Å². The lowest BCUT2D eigenvalue weighted by Crippen LogP contribution is -2.49. The van der Waals surface area contributed by atoms with Crippen molar-refractivity contribution in [2.24, 2.45) is 7.05 Å². The highest BCUT2D eigenvalue weighted by atomic mass is 19.1. The maximum atomic E-state index is 13.3. The molecule has 202 valence electrons. The molecule has 1 amide bonds. The third-order valence-electron chi connectivity index (χ3n) is 6.84. The molecule has 4 heterocycles. The van der Waals surface area contributed by atoms with Gasteiger partial charge in [-0.15, -0.1) is 5.10 Å². The summed E-state index contributed by atoms with van der Waals surface area (Å²) < 4.78 is 21.1. The van der Waals surface area contributed by atoms with Gasteiger partial charge in [-0.2, -0.15) is 0 Å². The highest BCUT2D eigenvalue weighted by Gasteiger charge is 2.24. The second-order valence-corrected chi connectivity index (χ2v) is 9.51. The molecule has 0 atom stereocenters. The summed E-state index contributed by atoms with van der Waals surface area (Å²) in [5, 5.41) is 11.5. The first-order chi connectivity index (χ1) is 19.4. The van der Waals surface area contributed by atoms with E-state index in [1.807, 2.05) is 62.5 Å². The first kappa shape index (κ1) is 25.2. The van der Waals surface area contributed by atoms with Crippen LogP contribution in [-0.4, -0.2) is 66.9 Å². The SMILES string of the molecule is C=C(F)C(=O)N1CCN(c2ccc3ncnc(Nc4ccc(Oc5ccc6c(c5)nnn6C)c(C)c4)c3n2)CC1. The number of aromatic nitrogens is 6. The summed E-state index contributed by atoms with van der Waals surface area (Å²) >= 11 is 0. The first-order valence-corrected chi connectivity index (χ1v) is 12.7. The average Bonchev–Trinajstić information content (AvgIpc) is 3.34. The number of hydrogen-bond acceptors (Lipinski definition) is 9. The zero-order valence-electron chi connectivity index (χ0n) is 22.0. The van der Waals surface area contributed by atoms with Crippen molar-refractivity contribution in [2.45, 2.75) is 6.92 Å². The zero-order valence-corrected chi connectivity index (χ0v) is 22.0. The predicted octanol–water partition coefficient (Wildman–Crippen LogP) is 4.28. The van der Waals surface area contributed by atoms with Crippen molar-refractivity contribution in [3.8, 4) is 11.5 Å². The summed E-state index contributed by atoms with van der Waals surface area (Å²) in [5.41, 5.74) is 4.75. The number of carbonyl (C=O) groups is 1. The van der Waals surface area contributed by atoms with Crippen LogP contribution in [0.15, 0.2) is 67.3 Å². The van der Waals surface area contributed by atoms with Crippen molar-refractivity contribution in [1.29, 1.82) is 0 Å². The second-order valence-electron chi connectivity index (χ2n) is 9.51. The third-order valence-corrected chi connectivity index (χ3v) is 6.84. The Bertz CT molecular complexity index is 1760. The summed E-state index contributed by atoms with van der Waals surface area (Å²) in [6.45, 7) is 6.91. The van der Waals surface area contributed by atoms with Gasteiger partial charge in [-0.25, -0.2) is 24.0 Å². The van der Waals surface area contributed by atoms with Crippen molar-refractivity contribution in [2.75, 3.05) is 36.4 Å². The maximum absolute atomic E-state index is 13.3. The number of anilines is 3. The molecule has 12 heteroatoms. The van der Waals surface area contributed by atoms with Crippen LogP contribution in [-0.2, 0) is 11.8 Å². The molecule has 2 aromatic carbocycles. The lowest BCUT2D eigenvalue weighted by atomic mass is 10.2. The maximum Gasteiger partial charge on any atom is 0.282 e. The third kappa shape index (κ3) is 4.86. The van der Waals surface area contributed by atoms with E-state index in [0.717, 1.165) is 33.9 Å². The van der Waals surface area contributed by atoms with Crippen molar-refractivity contribution in [1.82, 2.24) is 34.8 Å². The molecule has 1 N–H and O–H groups in total. The lowest BCUT2D eigenvalue weighted by Gasteiger charge is -2.35. The van der Waals surface area contributed by atoms with Crippen LogP contribution < -0.4 is 15.0 Å². The molecule has 1 saturated heterocycles. The Balaban J connectivity index is 1.20. The molecule has 3 aromatic heterocycles. The van der Waals surface area contributed by atoms with Gasteiger partial charge in [-0.05, 0) is 55.0 Å². The smallest absolute Gasteiger partial charge is 0.282 e. The molecule has 0 radical (unpaired) electrons.